The van der Waals surface area contributed by atoms with Crippen LogP contribution in [-0.2, 0) is 9.59 Å². The van der Waals surface area contributed by atoms with Crippen LogP contribution in [0.5, 0.6) is 0 Å². The lowest BCUT2D eigenvalue weighted by Gasteiger charge is -2.33. The number of carbonyl (C=O) groups is 3. The van der Waals surface area contributed by atoms with Crippen molar-refractivity contribution in [1.82, 2.24) is 16.2 Å². The van der Waals surface area contributed by atoms with E-state index in [0.29, 0.717) is 11.6 Å². The fraction of sp³-hybridized carbons (Fsp3) is 0.500. The zero-order valence-corrected chi connectivity index (χ0v) is 15.6. The molecule has 150 valence electrons. The molecule has 1 aliphatic carbocycles. The van der Waals surface area contributed by atoms with Crippen LogP contribution in [0.4, 0.5) is 11.4 Å². The van der Waals surface area contributed by atoms with Crippen LogP contribution in [0.25, 0.3) is 0 Å². The average Bonchev–Trinajstić information content (AvgIpc) is 3.49. The van der Waals surface area contributed by atoms with Gasteiger partial charge in [0.05, 0.1) is 16.2 Å². The topological polar surface area (TPSA) is 134 Å². The lowest BCUT2D eigenvalue weighted by Crippen LogP contribution is -2.49. The minimum absolute atomic E-state index is 0.0128. The van der Waals surface area contributed by atoms with E-state index in [-0.39, 0.29) is 17.3 Å². The molecule has 0 spiro atoms. The number of hydrogen-bond acceptors (Lipinski definition) is 6. The second-order valence-electron chi connectivity index (χ2n) is 7.28. The Morgan fingerprint density at radius 3 is 2.36 bits per heavy atom. The van der Waals surface area contributed by atoms with Gasteiger partial charge in [0, 0.05) is 31.3 Å². The molecule has 2 aliphatic rings. The lowest BCUT2D eigenvalue weighted by atomic mass is 9.98. The van der Waals surface area contributed by atoms with Crippen molar-refractivity contribution in [2.75, 3.05) is 18.0 Å². The number of rotatable bonds is 4. The van der Waals surface area contributed by atoms with Crippen molar-refractivity contribution in [1.29, 1.82) is 0 Å². The number of hydrazine groups is 1. The molecule has 3 rings (SSSR count). The molecule has 3 amide bonds. The predicted octanol–water partition coefficient (Wildman–Crippen LogP) is 0.871. The Morgan fingerprint density at radius 2 is 1.75 bits per heavy atom. The lowest BCUT2D eigenvalue weighted by molar-refractivity contribution is -0.384. The molecule has 2 fully saturated rings. The molecule has 1 aromatic carbocycles. The number of hydrogen-bond donors (Lipinski definition) is 3. The molecule has 1 saturated carbocycles. The highest BCUT2D eigenvalue weighted by Gasteiger charge is 2.27. The van der Waals surface area contributed by atoms with Gasteiger partial charge in [0.25, 0.3) is 11.6 Å². The van der Waals surface area contributed by atoms with Crippen LogP contribution >= 0.6 is 0 Å². The van der Waals surface area contributed by atoms with E-state index in [4.69, 9.17) is 0 Å². The first-order valence-electron chi connectivity index (χ1n) is 9.29. The number of piperidine rings is 1. The van der Waals surface area contributed by atoms with Gasteiger partial charge in [-0.15, -0.1) is 0 Å². The highest BCUT2D eigenvalue weighted by Crippen LogP contribution is 2.29. The third kappa shape index (κ3) is 4.76. The Labute approximate surface area is 161 Å². The van der Waals surface area contributed by atoms with E-state index in [2.05, 4.69) is 23.1 Å². The van der Waals surface area contributed by atoms with Gasteiger partial charge in [-0.2, -0.15) is 0 Å². The van der Waals surface area contributed by atoms with E-state index in [1.54, 1.807) is 6.07 Å². The van der Waals surface area contributed by atoms with Crippen LogP contribution in [0.1, 0.15) is 43.0 Å². The number of nitro benzene ring substituents is 1. The molecule has 3 N–H and O–H groups in total. The van der Waals surface area contributed by atoms with Crippen LogP contribution in [0, 0.1) is 16.0 Å². The Balaban J connectivity index is 1.72. The largest absolute Gasteiger partial charge is 0.371 e. The first kappa shape index (κ1) is 19.6. The molecule has 0 radical (unpaired) electrons. The summed E-state index contributed by atoms with van der Waals surface area (Å²) < 4.78 is 0. The summed E-state index contributed by atoms with van der Waals surface area (Å²) in [5.74, 6) is -1.95. The maximum absolute atomic E-state index is 12.6. The summed E-state index contributed by atoms with van der Waals surface area (Å²) in [4.78, 5) is 48.6. The number of benzene rings is 1. The Morgan fingerprint density at radius 1 is 1.07 bits per heavy atom. The van der Waals surface area contributed by atoms with Crippen molar-refractivity contribution >= 4 is 29.1 Å². The first-order valence-corrected chi connectivity index (χ1v) is 9.29. The quantitative estimate of drug-likeness (QED) is 0.397. The van der Waals surface area contributed by atoms with E-state index in [1.165, 1.54) is 12.1 Å². The number of non-ortho nitro benzene ring substituents is 1. The highest BCUT2D eigenvalue weighted by molar-refractivity contribution is 6.35. The maximum Gasteiger partial charge on any atom is 0.327 e. The number of nitrogens with zero attached hydrogens (tertiary/aromatic N) is 2. The average molecular weight is 389 g/mol. The number of nitrogens with one attached hydrogen (secondary N) is 3. The van der Waals surface area contributed by atoms with Crippen molar-refractivity contribution in [2.24, 2.45) is 5.92 Å². The monoisotopic (exact) mass is 389 g/mol. The smallest absolute Gasteiger partial charge is 0.327 e. The van der Waals surface area contributed by atoms with Crippen LogP contribution in [0.15, 0.2) is 18.2 Å². The SMILES string of the molecule is CC1CCN(c2ccc([N+](=O)[O-])cc2C(=O)NNC(=O)C(=O)NC2CC2)CC1. The van der Waals surface area contributed by atoms with Gasteiger partial charge in [-0.1, -0.05) is 6.92 Å². The van der Waals surface area contributed by atoms with Crippen LogP contribution in [0.3, 0.4) is 0 Å². The summed E-state index contributed by atoms with van der Waals surface area (Å²) in [7, 11) is 0. The summed E-state index contributed by atoms with van der Waals surface area (Å²) >= 11 is 0. The second-order valence-corrected chi connectivity index (χ2v) is 7.28. The third-order valence-electron chi connectivity index (χ3n) is 4.97. The second kappa shape index (κ2) is 8.24. The van der Waals surface area contributed by atoms with E-state index in [1.807, 2.05) is 4.90 Å². The minimum atomic E-state index is -0.987. The van der Waals surface area contributed by atoms with E-state index in [0.717, 1.165) is 38.8 Å². The number of carbonyl (C=O) groups excluding carboxylic acids is 3. The van der Waals surface area contributed by atoms with Crippen LogP contribution in [0.2, 0.25) is 0 Å². The van der Waals surface area contributed by atoms with Crippen LogP contribution < -0.4 is 21.1 Å². The Kier molecular flexibility index (Phi) is 5.76. The van der Waals surface area contributed by atoms with Crippen LogP contribution in [-0.4, -0.2) is 41.8 Å². The zero-order valence-electron chi connectivity index (χ0n) is 15.6. The van der Waals surface area contributed by atoms with E-state index >= 15 is 0 Å². The Hall–Kier alpha value is -3.17. The van der Waals surface area contributed by atoms with Crippen molar-refractivity contribution in [3.63, 3.8) is 0 Å². The number of anilines is 1. The van der Waals surface area contributed by atoms with Gasteiger partial charge in [0.2, 0.25) is 0 Å². The van der Waals surface area contributed by atoms with Gasteiger partial charge in [-0.3, -0.25) is 35.3 Å². The molecule has 0 aromatic heterocycles. The molecular weight excluding hydrogens is 366 g/mol. The fourth-order valence-electron chi connectivity index (χ4n) is 3.06. The molecule has 1 aromatic rings. The van der Waals surface area contributed by atoms with Gasteiger partial charge in [0.1, 0.15) is 0 Å². The summed E-state index contributed by atoms with van der Waals surface area (Å²) in [6.07, 6.45) is 3.57. The molecule has 0 unspecified atom stereocenters. The third-order valence-corrected chi connectivity index (χ3v) is 4.97. The fourth-order valence-corrected chi connectivity index (χ4v) is 3.06. The molecular formula is C18H23N5O5. The predicted molar refractivity (Wildman–Crippen MR) is 100 cm³/mol. The molecule has 10 nitrogen and oxygen atoms in total. The summed E-state index contributed by atoms with van der Waals surface area (Å²) in [5, 5.41) is 13.6. The van der Waals surface area contributed by atoms with Gasteiger partial charge in [-0.25, -0.2) is 0 Å². The zero-order chi connectivity index (χ0) is 20.3. The molecule has 0 bridgehead atoms. The molecule has 1 aliphatic heterocycles. The van der Waals surface area contributed by atoms with Gasteiger partial charge in [-0.05, 0) is 37.7 Å². The standard InChI is InChI=1S/C18H23N5O5/c1-11-6-8-22(9-7-11)15-5-4-13(23(27)28)10-14(15)16(24)20-21-18(26)17(25)19-12-2-3-12/h4-5,10-12H,2-3,6-9H2,1H3,(H,19,25)(H,20,24)(H,21,26). The van der Waals surface area contributed by atoms with E-state index < -0.39 is 22.6 Å². The molecule has 10 heteroatoms. The van der Waals surface area contributed by atoms with Crippen molar-refractivity contribution in [3.05, 3.63) is 33.9 Å². The van der Waals surface area contributed by atoms with Crippen molar-refractivity contribution in [3.8, 4) is 0 Å². The van der Waals surface area contributed by atoms with Gasteiger partial charge in [0.15, 0.2) is 0 Å². The first-order chi connectivity index (χ1) is 13.3. The summed E-state index contributed by atoms with van der Waals surface area (Å²) in [6, 6.07) is 4.09. The number of amides is 3. The minimum Gasteiger partial charge on any atom is -0.371 e. The van der Waals surface area contributed by atoms with Crippen molar-refractivity contribution in [2.45, 2.75) is 38.6 Å². The number of nitro groups is 1. The normalized spacial score (nSPS) is 17.0. The summed E-state index contributed by atoms with van der Waals surface area (Å²) in [5.41, 5.74) is 4.65. The van der Waals surface area contributed by atoms with Gasteiger partial charge >= 0.3 is 11.8 Å². The van der Waals surface area contributed by atoms with Gasteiger partial charge < -0.3 is 10.2 Å². The van der Waals surface area contributed by atoms with Crippen molar-refractivity contribution < 1.29 is 19.3 Å². The Bertz CT molecular complexity index is 800. The molecule has 1 saturated heterocycles. The maximum atomic E-state index is 12.6. The van der Waals surface area contributed by atoms with E-state index in [9.17, 15) is 24.5 Å². The molecule has 0 atom stereocenters. The summed E-state index contributed by atoms with van der Waals surface area (Å²) in [6.45, 7) is 3.62. The highest BCUT2D eigenvalue weighted by atomic mass is 16.6. The molecule has 28 heavy (non-hydrogen) atoms. The molecule has 1 heterocycles.